The van der Waals surface area contributed by atoms with E-state index in [0.717, 1.165) is 5.69 Å². The number of anilines is 3. The van der Waals surface area contributed by atoms with E-state index in [9.17, 15) is 13.2 Å². The second-order valence-corrected chi connectivity index (χ2v) is 6.47. The van der Waals surface area contributed by atoms with Crippen LogP contribution >= 0.6 is 0 Å². The second kappa shape index (κ2) is 8.05. The van der Waals surface area contributed by atoms with Crippen molar-refractivity contribution < 1.29 is 13.2 Å². The fraction of sp³-hybridized carbons (Fsp3) is 0.471. The van der Waals surface area contributed by atoms with Crippen LogP contribution in [0, 0.1) is 0 Å². The highest BCUT2D eigenvalue weighted by Crippen LogP contribution is 2.23. The number of hydrogen-bond acceptors (Lipinski definition) is 7. The maximum Gasteiger partial charge on any atom is 0.401 e. The second-order valence-electron chi connectivity index (χ2n) is 6.47. The molecule has 27 heavy (non-hydrogen) atoms. The standard InChI is InChI=1S/C17H22F3N7/c1-12(27-9-7-26(8-10-27)11-17(18,19)20)14-23-15(21)25-16(24-14)22-13-5-3-2-4-6-13/h2-6,12H,7-11H2,1H3,(H3,21,22,23,24,25). The third kappa shape index (κ3) is 5.51. The Morgan fingerprint density at radius 1 is 1.07 bits per heavy atom. The van der Waals surface area contributed by atoms with Crippen molar-refractivity contribution in [3.05, 3.63) is 36.2 Å². The molecule has 1 aromatic heterocycles. The number of alkyl halides is 3. The highest BCUT2D eigenvalue weighted by molar-refractivity contribution is 5.53. The molecule has 0 aliphatic carbocycles. The van der Waals surface area contributed by atoms with Crippen molar-refractivity contribution in [3.8, 4) is 0 Å². The number of aromatic nitrogens is 3. The summed E-state index contributed by atoms with van der Waals surface area (Å²) in [4.78, 5) is 16.2. The highest BCUT2D eigenvalue weighted by Gasteiger charge is 2.33. The predicted molar refractivity (Wildman–Crippen MR) is 96.4 cm³/mol. The molecule has 0 radical (unpaired) electrons. The molecule has 0 spiro atoms. The lowest BCUT2D eigenvalue weighted by Gasteiger charge is -2.37. The first-order chi connectivity index (χ1) is 12.8. The normalized spacial score (nSPS) is 17.6. The van der Waals surface area contributed by atoms with Gasteiger partial charge in [-0.2, -0.15) is 28.1 Å². The molecule has 1 aliphatic rings. The van der Waals surface area contributed by atoms with Gasteiger partial charge in [-0.15, -0.1) is 0 Å². The first-order valence-electron chi connectivity index (χ1n) is 8.67. The van der Waals surface area contributed by atoms with Crippen LogP contribution in [0.2, 0.25) is 0 Å². The van der Waals surface area contributed by atoms with Gasteiger partial charge in [0.15, 0.2) is 5.82 Å². The topological polar surface area (TPSA) is 83.2 Å². The van der Waals surface area contributed by atoms with Gasteiger partial charge in [-0.25, -0.2) is 0 Å². The van der Waals surface area contributed by atoms with Crippen LogP contribution in [0.3, 0.4) is 0 Å². The number of nitrogens with two attached hydrogens (primary N) is 1. The van der Waals surface area contributed by atoms with E-state index in [1.165, 1.54) is 4.90 Å². The number of para-hydroxylation sites is 1. The van der Waals surface area contributed by atoms with Crippen LogP contribution < -0.4 is 11.1 Å². The van der Waals surface area contributed by atoms with Gasteiger partial charge in [0.2, 0.25) is 11.9 Å². The van der Waals surface area contributed by atoms with Crippen molar-refractivity contribution in [2.75, 3.05) is 43.8 Å². The molecule has 1 aliphatic heterocycles. The molecular weight excluding hydrogens is 359 g/mol. The summed E-state index contributed by atoms with van der Waals surface area (Å²) in [5.41, 5.74) is 6.64. The molecule has 1 fully saturated rings. The van der Waals surface area contributed by atoms with E-state index in [1.54, 1.807) is 0 Å². The van der Waals surface area contributed by atoms with Gasteiger partial charge >= 0.3 is 6.18 Å². The van der Waals surface area contributed by atoms with Crippen molar-refractivity contribution >= 4 is 17.6 Å². The van der Waals surface area contributed by atoms with Gasteiger partial charge in [0.1, 0.15) is 0 Å². The summed E-state index contributed by atoms with van der Waals surface area (Å²) in [5, 5.41) is 3.08. The molecule has 7 nitrogen and oxygen atoms in total. The lowest BCUT2D eigenvalue weighted by atomic mass is 10.2. The molecule has 2 heterocycles. The average Bonchev–Trinajstić information content (AvgIpc) is 2.61. The Morgan fingerprint density at radius 3 is 2.37 bits per heavy atom. The molecule has 146 valence electrons. The maximum atomic E-state index is 12.5. The van der Waals surface area contributed by atoms with E-state index in [1.807, 2.05) is 42.2 Å². The Kier molecular flexibility index (Phi) is 5.76. The zero-order valence-electron chi connectivity index (χ0n) is 14.9. The number of nitrogen functional groups attached to an aromatic ring is 1. The minimum Gasteiger partial charge on any atom is -0.368 e. The largest absolute Gasteiger partial charge is 0.401 e. The molecule has 1 aromatic carbocycles. The number of hydrogen-bond donors (Lipinski definition) is 2. The summed E-state index contributed by atoms with van der Waals surface area (Å²) in [7, 11) is 0. The molecule has 0 bridgehead atoms. The maximum absolute atomic E-state index is 12.5. The minimum atomic E-state index is -4.17. The van der Waals surface area contributed by atoms with Gasteiger partial charge in [-0.05, 0) is 19.1 Å². The Labute approximate surface area is 155 Å². The lowest BCUT2D eigenvalue weighted by Crippen LogP contribution is -2.49. The molecule has 1 saturated heterocycles. The van der Waals surface area contributed by atoms with Crippen LogP contribution in [-0.4, -0.2) is 63.7 Å². The van der Waals surface area contributed by atoms with Gasteiger partial charge in [0.25, 0.3) is 0 Å². The van der Waals surface area contributed by atoms with E-state index < -0.39 is 12.7 Å². The summed E-state index contributed by atoms with van der Waals surface area (Å²) >= 11 is 0. The van der Waals surface area contributed by atoms with Gasteiger partial charge in [0, 0.05) is 31.9 Å². The Bertz CT molecular complexity index is 746. The Morgan fingerprint density at radius 2 is 1.74 bits per heavy atom. The zero-order valence-corrected chi connectivity index (χ0v) is 14.9. The van der Waals surface area contributed by atoms with Crippen LogP contribution in [0.5, 0.6) is 0 Å². The number of nitrogens with zero attached hydrogens (tertiary/aromatic N) is 5. The predicted octanol–water partition coefficient (Wildman–Crippen LogP) is 2.44. The molecule has 10 heteroatoms. The molecule has 0 amide bonds. The molecule has 1 atom stereocenters. The Balaban J connectivity index is 1.66. The van der Waals surface area contributed by atoms with Crippen LogP contribution in [0.25, 0.3) is 0 Å². The number of nitrogens with one attached hydrogen (secondary N) is 1. The first-order valence-corrected chi connectivity index (χ1v) is 8.67. The number of rotatable bonds is 5. The molecule has 1 unspecified atom stereocenters. The molecule has 0 saturated carbocycles. The van der Waals surface area contributed by atoms with Crippen LogP contribution in [0.1, 0.15) is 18.8 Å². The number of halogens is 3. The fourth-order valence-corrected chi connectivity index (χ4v) is 3.03. The first kappa shape index (κ1) is 19.3. The molecule has 3 N–H and O–H groups in total. The van der Waals surface area contributed by atoms with Crippen molar-refractivity contribution in [1.29, 1.82) is 0 Å². The zero-order chi connectivity index (χ0) is 19.4. The summed E-state index contributed by atoms with van der Waals surface area (Å²) in [5.74, 6) is 0.928. The molecule has 2 aromatic rings. The van der Waals surface area contributed by atoms with Gasteiger partial charge < -0.3 is 11.1 Å². The molecular formula is C17H22F3N7. The highest BCUT2D eigenvalue weighted by atomic mass is 19.4. The summed E-state index contributed by atoms with van der Waals surface area (Å²) in [6, 6.07) is 9.25. The summed E-state index contributed by atoms with van der Waals surface area (Å²) in [6.45, 7) is 2.74. The Hall–Kier alpha value is -2.46. The van der Waals surface area contributed by atoms with E-state index in [2.05, 4.69) is 20.3 Å². The van der Waals surface area contributed by atoms with Gasteiger partial charge in [-0.1, -0.05) is 18.2 Å². The van der Waals surface area contributed by atoms with Crippen LogP contribution in [0.4, 0.5) is 30.8 Å². The molecule has 3 rings (SSSR count). The third-order valence-corrected chi connectivity index (χ3v) is 4.43. The smallest absolute Gasteiger partial charge is 0.368 e. The number of benzene rings is 1. The van der Waals surface area contributed by atoms with Crippen molar-refractivity contribution in [3.63, 3.8) is 0 Å². The summed E-state index contributed by atoms with van der Waals surface area (Å²) < 4.78 is 37.6. The fourth-order valence-electron chi connectivity index (χ4n) is 3.03. The number of piperazine rings is 1. The van der Waals surface area contributed by atoms with E-state index in [4.69, 9.17) is 5.73 Å². The van der Waals surface area contributed by atoms with Gasteiger partial charge in [-0.3, -0.25) is 9.80 Å². The van der Waals surface area contributed by atoms with Crippen molar-refractivity contribution in [1.82, 2.24) is 24.8 Å². The summed E-state index contributed by atoms with van der Waals surface area (Å²) in [6.07, 6.45) is -4.17. The average molecular weight is 381 g/mol. The quantitative estimate of drug-likeness (QED) is 0.823. The van der Waals surface area contributed by atoms with Crippen LogP contribution in [-0.2, 0) is 0 Å². The SMILES string of the molecule is CC(c1nc(N)nc(Nc2ccccc2)n1)N1CCN(CC(F)(F)F)CC1. The van der Waals surface area contributed by atoms with Gasteiger partial charge in [0.05, 0.1) is 12.6 Å². The minimum absolute atomic E-state index is 0.0981. The van der Waals surface area contributed by atoms with Crippen LogP contribution in [0.15, 0.2) is 30.3 Å². The van der Waals surface area contributed by atoms with Crippen molar-refractivity contribution in [2.45, 2.75) is 19.1 Å². The van der Waals surface area contributed by atoms with E-state index >= 15 is 0 Å². The lowest BCUT2D eigenvalue weighted by molar-refractivity contribution is -0.149. The third-order valence-electron chi connectivity index (χ3n) is 4.43. The van der Waals surface area contributed by atoms with E-state index in [-0.39, 0.29) is 12.0 Å². The van der Waals surface area contributed by atoms with Crippen molar-refractivity contribution in [2.24, 2.45) is 0 Å². The monoisotopic (exact) mass is 381 g/mol. The van der Waals surface area contributed by atoms with E-state index in [0.29, 0.717) is 38.0 Å².